The molecule has 0 aliphatic carbocycles. The van der Waals surface area contributed by atoms with Crippen molar-refractivity contribution in [3.63, 3.8) is 0 Å². The van der Waals surface area contributed by atoms with Crippen molar-refractivity contribution < 1.29 is 4.79 Å². The zero-order valence-electron chi connectivity index (χ0n) is 11.1. The van der Waals surface area contributed by atoms with Crippen LogP contribution in [0.15, 0.2) is 18.2 Å². The van der Waals surface area contributed by atoms with Gasteiger partial charge in [0, 0.05) is 6.04 Å². The molecule has 0 saturated heterocycles. The van der Waals surface area contributed by atoms with Gasteiger partial charge < -0.3 is 5.32 Å². The van der Waals surface area contributed by atoms with Crippen LogP contribution in [0.25, 0.3) is 0 Å². The number of unbranched alkanes of at least 4 members (excludes halogenated alkanes) is 3. The highest BCUT2D eigenvalue weighted by atomic mass is 35.5. The second-order valence-corrected chi connectivity index (χ2v) is 4.96. The van der Waals surface area contributed by atoms with Gasteiger partial charge in [-0.05, 0) is 25.5 Å². The van der Waals surface area contributed by atoms with Crippen LogP contribution in [0.4, 0.5) is 0 Å². The lowest BCUT2D eigenvalue weighted by molar-refractivity contribution is 0.0933. The fraction of sp³-hybridized carbons (Fsp3) is 0.571. The van der Waals surface area contributed by atoms with Crippen molar-refractivity contribution in [2.24, 2.45) is 0 Å². The van der Waals surface area contributed by atoms with Gasteiger partial charge in [-0.2, -0.15) is 0 Å². The number of carbonyl (C=O) groups is 1. The number of hydrogen-bond donors (Lipinski definition) is 1. The number of amides is 1. The first kappa shape index (κ1) is 15.0. The van der Waals surface area contributed by atoms with Crippen molar-refractivity contribution >= 4 is 17.5 Å². The van der Waals surface area contributed by atoms with Gasteiger partial charge >= 0.3 is 0 Å². The van der Waals surface area contributed by atoms with Crippen molar-refractivity contribution in [1.29, 1.82) is 0 Å². The third-order valence-corrected chi connectivity index (χ3v) is 3.03. The van der Waals surface area contributed by atoms with Crippen LogP contribution in [0.2, 0.25) is 5.15 Å². The molecule has 1 aromatic rings. The van der Waals surface area contributed by atoms with E-state index in [2.05, 4.69) is 17.2 Å². The summed E-state index contributed by atoms with van der Waals surface area (Å²) >= 11 is 5.75. The molecule has 0 aromatic carbocycles. The first-order chi connectivity index (χ1) is 8.63. The van der Waals surface area contributed by atoms with E-state index in [9.17, 15) is 4.79 Å². The highest BCUT2D eigenvalue weighted by Crippen LogP contribution is 2.07. The molecule has 3 nitrogen and oxygen atoms in total. The zero-order valence-corrected chi connectivity index (χ0v) is 11.8. The monoisotopic (exact) mass is 268 g/mol. The SMILES string of the molecule is CCCCCCC(C)NC(=O)c1cccc(Cl)n1. The summed E-state index contributed by atoms with van der Waals surface area (Å²) in [5.41, 5.74) is 0.378. The van der Waals surface area contributed by atoms with Crippen LogP contribution in [-0.4, -0.2) is 16.9 Å². The zero-order chi connectivity index (χ0) is 13.4. The Bertz CT molecular complexity index is 382. The van der Waals surface area contributed by atoms with Gasteiger partial charge in [-0.3, -0.25) is 4.79 Å². The molecule has 0 saturated carbocycles. The first-order valence-electron chi connectivity index (χ1n) is 6.57. The maximum atomic E-state index is 11.9. The summed E-state index contributed by atoms with van der Waals surface area (Å²) in [4.78, 5) is 15.9. The molecule has 18 heavy (non-hydrogen) atoms. The highest BCUT2D eigenvalue weighted by molar-refractivity contribution is 6.29. The standard InChI is InChI=1S/C14H21ClN2O/c1-3-4-5-6-8-11(2)16-14(18)12-9-7-10-13(15)17-12/h7,9-11H,3-6,8H2,1-2H3,(H,16,18). The molecule has 0 aliphatic rings. The minimum Gasteiger partial charge on any atom is -0.348 e. The van der Waals surface area contributed by atoms with E-state index in [0.29, 0.717) is 10.8 Å². The number of pyridine rings is 1. The van der Waals surface area contributed by atoms with Crippen LogP contribution in [0.5, 0.6) is 0 Å². The average molecular weight is 269 g/mol. The Labute approximate surface area is 114 Å². The van der Waals surface area contributed by atoms with Gasteiger partial charge in [-0.25, -0.2) is 4.98 Å². The van der Waals surface area contributed by atoms with Gasteiger partial charge in [0.15, 0.2) is 0 Å². The lowest BCUT2D eigenvalue weighted by Gasteiger charge is -2.13. The summed E-state index contributed by atoms with van der Waals surface area (Å²) < 4.78 is 0. The fourth-order valence-corrected chi connectivity index (χ4v) is 1.95. The summed E-state index contributed by atoms with van der Waals surface area (Å²) in [5.74, 6) is -0.152. The summed E-state index contributed by atoms with van der Waals surface area (Å²) in [5, 5.41) is 3.29. The molecular weight excluding hydrogens is 248 g/mol. The van der Waals surface area contributed by atoms with Gasteiger partial charge in [0.2, 0.25) is 0 Å². The van der Waals surface area contributed by atoms with Gasteiger partial charge in [-0.15, -0.1) is 0 Å². The van der Waals surface area contributed by atoms with E-state index in [4.69, 9.17) is 11.6 Å². The molecule has 1 unspecified atom stereocenters. The minimum atomic E-state index is -0.152. The average Bonchev–Trinajstić information content (AvgIpc) is 2.34. The third-order valence-electron chi connectivity index (χ3n) is 2.82. The second kappa shape index (κ2) is 8.09. The summed E-state index contributed by atoms with van der Waals surface area (Å²) in [7, 11) is 0. The molecule has 1 amide bonds. The van der Waals surface area contributed by atoms with E-state index in [1.165, 1.54) is 19.3 Å². The first-order valence-corrected chi connectivity index (χ1v) is 6.94. The smallest absolute Gasteiger partial charge is 0.270 e. The number of carbonyl (C=O) groups excluding carboxylic acids is 1. The van der Waals surface area contributed by atoms with Crippen LogP contribution < -0.4 is 5.32 Å². The topological polar surface area (TPSA) is 42.0 Å². The second-order valence-electron chi connectivity index (χ2n) is 4.57. The van der Waals surface area contributed by atoms with Gasteiger partial charge in [-0.1, -0.05) is 50.3 Å². The molecule has 0 radical (unpaired) electrons. The summed E-state index contributed by atoms with van der Waals surface area (Å²) in [6.45, 7) is 4.21. The normalized spacial score (nSPS) is 12.2. The lowest BCUT2D eigenvalue weighted by atomic mass is 10.1. The number of rotatable bonds is 7. The van der Waals surface area contributed by atoms with Crippen LogP contribution in [-0.2, 0) is 0 Å². The number of aromatic nitrogens is 1. The largest absolute Gasteiger partial charge is 0.348 e. The van der Waals surface area contributed by atoms with E-state index in [0.717, 1.165) is 12.8 Å². The van der Waals surface area contributed by atoms with Crippen LogP contribution in [0.3, 0.4) is 0 Å². The predicted molar refractivity (Wildman–Crippen MR) is 74.9 cm³/mol. The van der Waals surface area contributed by atoms with Crippen LogP contribution >= 0.6 is 11.6 Å². The maximum Gasteiger partial charge on any atom is 0.270 e. The molecular formula is C14H21ClN2O. The number of nitrogens with zero attached hydrogens (tertiary/aromatic N) is 1. The molecule has 1 aromatic heterocycles. The Morgan fingerprint density at radius 1 is 1.39 bits per heavy atom. The molecule has 4 heteroatoms. The van der Waals surface area contributed by atoms with Crippen LogP contribution in [0.1, 0.15) is 56.4 Å². The Kier molecular flexibility index (Phi) is 6.73. The van der Waals surface area contributed by atoms with Gasteiger partial charge in [0.1, 0.15) is 10.8 Å². The Morgan fingerprint density at radius 3 is 2.83 bits per heavy atom. The maximum absolute atomic E-state index is 11.9. The Morgan fingerprint density at radius 2 is 2.17 bits per heavy atom. The molecule has 0 fully saturated rings. The molecule has 0 spiro atoms. The van der Waals surface area contributed by atoms with E-state index in [1.807, 2.05) is 6.92 Å². The van der Waals surface area contributed by atoms with Crippen molar-refractivity contribution in [1.82, 2.24) is 10.3 Å². The number of hydrogen-bond acceptors (Lipinski definition) is 2. The van der Waals surface area contributed by atoms with Crippen molar-refractivity contribution in [2.75, 3.05) is 0 Å². The number of halogens is 1. The van der Waals surface area contributed by atoms with Crippen molar-refractivity contribution in [3.8, 4) is 0 Å². The molecule has 100 valence electrons. The Hall–Kier alpha value is -1.09. The molecule has 1 rings (SSSR count). The predicted octanol–water partition coefficient (Wildman–Crippen LogP) is 3.82. The van der Waals surface area contributed by atoms with Crippen molar-refractivity contribution in [3.05, 3.63) is 29.0 Å². The quantitative estimate of drug-likeness (QED) is 0.603. The lowest BCUT2D eigenvalue weighted by Crippen LogP contribution is -2.33. The summed E-state index contributed by atoms with van der Waals surface area (Å²) in [6.07, 6.45) is 5.88. The molecule has 0 bridgehead atoms. The van der Waals surface area contributed by atoms with E-state index in [1.54, 1.807) is 18.2 Å². The fourth-order valence-electron chi connectivity index (χ4n) is 1.78. The third kappa shape index (κ3) is 5.50. The molecule has 1 atom stereocenters. The van der Waals surface area contributed by atoms with E-state index < -0.39 is 0 Å². The van der Waals surface area contributed by atoms with E-state index in [-0.39, 0.29) is 11.9 Å². The highest BCUT2D eigenvalue weighted by Gasteiger charge is 2.10. The van der Waals surface area contributed by atoms with E-state index >= 15 is 0 Å². The van der Waals surface area contributed by atoms with Gasteiger partial charge in [0.05, 0.1) is 0 Å². The van der Waals surface area contributed by atoms with Crippen LogP contribution in [0, 0.1) is 0 Å². The van der Waals surface area contributed by atoms with Gasteiger partial charge in [0.25, 0.3) is 5.91 Å². The Balaban J connectivity index is 2.35. The summed E-state index contributed by atoms with van der Waals surface area (Å²) in [6, 6.07) is 5.24. The minimum absolute atomic E-state index is 0.152. The molecule has 1 heterocycles. The number of nitrogens with one attached hydrogen (secondary N) is 1. The molecule has 1 N–H and O–H groups in total. The van der Waals surface area contributed by atoms with Crippen molar-refractivity contribution in [2.45, 2.75) is 52.0 Å². The molecule has 0 aliphatic heterocycles.